The van der Waals surface area contributed by atoms with Crippen LogP contribution < -0.4 is 5.32 Å². The summed E-state index contributed by atoms with van der Waals surface area (Å²) in [5, 5.41) is 3.52. The molecule has 1 aliphatic carbocycles. The highest BCUT2D eigenvalue weighted by Crippen LogP contribution is 2.29. The summed E-state index contributed by atoms with van der Waals surface area (Å²) >= 11 is 9.20. The van der Waals surface area contributed by atoms with Gasteiger partial charge in [0.25, 0.3) is 5.91 Å². The summed E-state index contributed by atoms with van der Waals surface area (Å²) in [6.07, 6.45) is 1.08. The number of hydrogen-bond donors (Lipinski definition) is 1. The van der Waals surface area contributed by atoms with E-state index < -0.39 is 0 Å². The molecular formula is C11H11BrClNO. The first kappa shape index (κ1) is 11.0. The summed E-state index contributed by atoms with van der Waals surface area (Å²) in [6, 6.07) is 5.57. The lowest BCUT2D eigenvalue weighted by atomic mass is 10.2. The minimum atomic E-state index is -0.0428. The first-order valence-electron chi connectivity index (χ1n) is 4.84. The average Bonchev–Trinajstić information content (AvgIpc) is 2.86. The molecule has 1 aromatic rings. The summed E-state index contributed by atoms with van der Waals surface area (Å²) in [7, 11) is 0. The molecule has 2 unspecified atom stereocenters. The van der Waals surface area contributed by atoms with E-state index in [2.05, 4.69) is 28.2 Å². The van der Waals surface area contributed by atoms with Crippen LogP contribution in [0.15, 0.2) is 22.7 Å². The van der Waals surface area contributed by atoms with Crippen LogP contribution >= 0.6 is 27.5 Å². The van der Waals surface area contributed by atoms with Crippen molar-refractivity contribution in [3.05, 3.63) is 33.3 Å². The van der Waals surface area contributed by atoms with E-state index in [-0.39, 0.29) is 5.91 Å². The lowest BCUT2D eigenvalue weighted by Crippen LogP contribution is -2.26. The smallest absolute Gasteiger partial charge is 0.251 e. The number of hydrogen-bond acceptors (Lipinski definition) is 1. The summed E-state index contributed by atoms with van der Waals surface area (Å²) in [5.74, 6) is 0.568. The highest BCUT2D eigenvalue weighted by atomic mass is 79.9. The van der Waals surface area contributed by atoms with Crippen LogP contribution in [-0.4, -0.2) is 11.9 Å². The molecule has 0 aromatic heterocycles. The van der Waals surface area contributed by atoms with E-state index in [1.54, 1.807) is 18.2 Å². The number of carbonyl (C=O) groups excluding carboxylic acids is 1. The Bertz CT molecular complexity index is 408. The number of amides is 1. The molecule has 1 amide bonds. The van der Waals surface area contributed by atoms with Crippen LogP contribution in [0.5, 0.6) is 0 Å². The molecule has 0 saturated heterocycles. The van der Waals surface area contributed by atoms with E-state index in [1.807, 2.05) is 0 Å². The topological polar surface area (TPSA) is 29.1 Å². The summed E-state index contributed by atoms with van der Waals surface area (Å²) in [4.78, 5) is 11.7. The molecule has 0 aliphatic heterocycles. The molecule has 0 spiro atoms. The van der Waals surface area contributed by atoms with Crippen molar-refractivity contribution in [2.75, 3.05) is 0 Å². The van der Waals surface area contributed by atoms with Gasteiger partial charge in [-0.25, -0.2) is 0 Å². The maximum absolute atomic E-state index is 11.7. The molecule has 0 radical (unpaired) electrons. The third kappa shape index (κ3) is 2.52. The molecule has 2 nitrogen and oxygen atoms in total. The van der Waals surface area contributed by atoms with Crippen LogP contribution in [0.3, 0.4) is 0 Å². The van der Waals surface area contributed by atoms with Gasteiger partial charge in [-0.2, -0.15) is 0 Å². The number of halogens is 2. The Morgan fingerprint density at radius 3 is 2.80 bits per heavy atom. The van der Waals surface area contributed by atoms with Gasteiger partial charge in [-0.15, -0.1) is 0 Å². The van der Waals surface area contributed by atoms with Crippen LogP contribution in [0.1, 0.15) is 23.7 Å². The Balaban J connectivity index is 2.08. The van der Waals surface area contributed by atoms with Gasteiger partial charge in [0.15, 0.2) is 0 Å². The van der Waals surface area contributed by atoms with Crippen molar-refractivity contribution in [3.63, 3.8) is 0 Å². The quantitative estimate of drug-likeness (QED) is 0.889. The zero-order valence-corrected chi connectivity index (χ0v) is 10.6. The van der Waals surface area contributed by atoms with Gasteiger partial charge in [0.1, 0.15) is 0 Å². The molecule has 1 aromatic carbocycles. The lowest BCUT2D eigenvalue weighted by molar-refractivity contribution is 0.0949. The number of rotatable bonds is 2. The number of nitrogens with one attached hydrogen (secondary N) is 1. The second-order valence-corrected chi connectivity index (χ2v) is 5.18. The third-order valence-electron chi connectivity index (χ3n) is 2.61. The van der Waals surface area contributed by atoms with E-state index >= 15 is 0 Å². The standard InChI is InChI=1S/C11H11BrClNO/c1-6-4-10(6)14-11(15)7-2-3-8(12)9(13)5-7/h2-3,5-6,10H,4H2,1H3,(H,14,15). The highest BCUT2D eigenvalue weighted by molar-refractivity contribution is 9.10. The van der Waals surface area contributed by atoms with Crippen LogP contribution in [0.2, 0.25) is 5.02 Å². The Kier molecular flexibility index (Phi) is 3.03. The second-order valence-electron chi connectivity index (χ2n) is 3.92. The Morgan fingerprint density at radius 1 is 1.60 bits per heavy atom. The highest BCUT2D eigenvalue weighted by Gasteiger charge is 2.33. The molecule has 1 saturated carbocycles. The predicted molar refractivity (Wildman–Crippen MR) is 64.2 cm³/mol. The van der Waals surface area contributed by atoms with Crippen molar-refractivity contribution >= 4 is 33.4 Å². The Morgan fingerprint density at radius 2 is 2.27 bits per heavy atom. The first-order valence-corrected chi connectivity index (χ1v) is 6.01. The van der Waals surface area contributed by atoms with Crippen LogP contribution in [-0.2, 0) is 0 Å². The van der Waals surface area contributed by atoms with Crippen molar-refractivity contribution in [1.82, 2.24) is 5.32 Å². The van der Waals surface area contributed by atoms with E-state index in [0.29, 0.717) is 22.5 Å². The normalized spacial score (nSPS) is 23.7. The third-order valence-corrected chi connectivity index (χ3v) is 3.84. The Hall–Kier alpha value is -0.540. The maximum atomic E-state index is 11.7. The van der Waals surface area contributed by atoms with Gasteiger partial charge in [0, 0.05) is 16.1 Å². The molecule has 15 heavy (non-hydrogen) atoms. The van der Waals surface area contributed by atoms with Crippen molar-refractivity contribution in [1.29, 1.82) is 0 Å². The molecule has 80 valence electrons. The first-order chi connectivity index (χ1) is 7.08. The average molecular weight is 289 g/mol. The van der Waals surface area contributed by atoms with E-state index in [1.165, 1.54) is 0 Å². The predicted octanol–water partition coefficient (Wildman–Crippen LogP) is 3.24. The summed E-state index contributed by atoms with van der Waals surface area (Å²) in [5.41, 5.74) is 0.613. The van der Waals surface area contributed by atoms with Gasteiger partial charge in [-0.1, -0.05) is 18.5 Å². The van der Waals surface area contributed by atoms with Crippen molar-refractivity contribution in [2.45, 2.75) is 19.4 Å². The molecular weight excluding hydrogens is 277 g/mol. The maximum Gasteiger partial charge on any atom is 0.251 e. The summed E-state index contributed by atoms with van der Waals surface area (Å²) in [6.45, 7) is 2.12. The van der Waals surface area contributed by atoms with Crippen molar-refractivity contribution in [3.8, 4) is 0 Å². The zero-order valence-electron chi connectivity index (χ0n) is 8.26. The molecule has 4 heteroatoms. The Labute approximate surface area is 102 Å². The molecule has 1 aliphatic rings. The zero-order chi connectivity index (χ0) is 11.0. The van der Waals surface area contributed by atoms with E-state index in [9.17, 15) is 4.79 Å². The van der Waals surface area contributed by atoms with Crippen molar-refractivity contribution in [2.24, 2.45) is 5.92 Å². The molecule has 1 N–H and O–H groups in total. The largest absolute Gasteiger partial charge is 0.349 e. The second kappa shape index (κ2) is 4.14. The fraction of sp³-hybridized carbons (Fsp3) is 0.364. The molecule has 1 fully saturated rings. The molecule has 0 bridgehead atoms. The molecule has 2 atom stereocenters. The fourth-order valence-electron chi connectivity index (χ4n) is 1.41. The van der Waals surface area contributed by atoms with Gasteiger partial charge < -0.3 is 5.32 Å². The fourth-order valence-corrected chi connectivity index (χ4v) is 1.84. The van der Waals surface area contributed by atoms with Gasteiger partial charge >= 0.3 is 0 Å². The van der Waals surface area contributed by atoms with Crippen LogP contribution in [0, 0.1) is 5.92 Å². The van der Waals surface area contributed by atoms with Crippen molar-refractivity contribution < 1.29 is 4.79 Å². The number of benzene rings is 1. The lowest BCUT2D eigenvalue weighted by Gasteiger charge is -2.04. The molecule has 0 heterocycles. The SMILES string of the molecule is CC1CC1NC(=O)c1ccc(Br)c(Cl)c1. The minimum Gasteiger partial charge on any atom is -0.349 e. The van der Waals surface area contributed by atoms with Gasteiger partial charge in [-0.3, -0.25) is 4.79 Å². The van der Waals surface area contributed by atoms with E-state index in [4.69, 9.17) is 11.6 Å². The number of carbonyl (C=O) groups is 1. The van der Waals surface area contributed by atoms with Crippen LogP contribution in [0.25, 0.3) is 0 Å². The molecule has 2 rings (SSSR count). The van der Waals surface area contributed by atoms with E-state index in [0.717, 1.165) is 10.9 Å². The monoisotopic (exact) mass is 287 g/mol. The minimum absolute atomic E-state index is 0.0428. The van der Waals surface area contributed by atoms with Gasteiger partial charge in [-0.05, 0) is 46.5 Å². The van der Waals surface area contributed by atoms with Crippen LogP contribution in [0.4, 0.5) is 0 Å². The van der Waals surface area contributed by atoms with Gasteiger partial charge in [0.2, 0.25) is 0 Å². The summed E-state index contributed by atoms with van der Waals surface area (Å²) < 4.78 is 0.806. The van der Waals surface area contributed by atoms with Gasteiger partial charge in [0.05, 0.1) is 5.02 Å².